The second kappa shape index (κ2) is 17.1. The Hall–Kier alpha value is -9.29. The number of nitrogens with zero attached hydrogens (tertiary/aromatic N) is 5. The van der Waals surface area contributed by atoms with Crippen molar-refractivity contribution in [3.63, 3.8) is 0 Å². The molecule has 5 nitrogen and oxygen atoms in total. The number of fused-ring (bicyclic) bond motifs is 3. The highest BCUT2D eigenvalue weighted by Gasteiger charge is 2.16. The molecule has 1 heterocycles. The molecule has 0 radical (unpaired) electrons. The van der Waals surface area contributed by atoms with Gasteiger partial charge in [0.2, 0.25) is 0 Å². The van der Waals surface area contributed by atoms with E-state index in [1.54, 1.807) is 0 Å². The van der Waals surface area contributed by atoms with Crippen LogP contribution in [0.3, 0.4) is 0 Å². The summed E-state index contributed by atoms with van der Waals surface area (Å²) in [6.07, 6.45) is 0. The van der Waals surface area contributed by atoms with E-state index in [1.807, 2.05) is 103 Å². The highest BCUT2D eigenvalue weighted by molar-refractivity contribution is 6.14. The Morgan fingerprint density at radius 3 is 1.42 bits per heavy atom. The van der Waals surface area contributed by atoms with Gasteiger partial charge in [0.15, 0.2) is 17.5 Å². The first kappa shape index (κ1) is 39.5. The molecule has 0 aliphatic carbocycles. The molecule has 0 N–H and O–H groups in total. The van der Waals surface area contributed by atoms with E-state index < -0.39 is 0 Å². The topological polar surface area (TPSA) is 86.2 Å². The fourth-order valence-electron chi connectivity index (χ4n) is 8.84. The standard InChI is InChI=1S/C61H37N5/c62-38-40-22-24-41(25-23-40)48-15-7-18-52(35-48)60-64-59(46-11-2-1-3-12-46)65-61(66-60)53-19-8-16-49(36-53)50-32-33-55(54(37-50)39-63)44-28-26-42(27-29-44)47-14-6-17-51(34-47)57-21-9-13-45-31-30-43-10-4-5-20-56(43)58(45)57/h1-37H. The lowest BCUT2D eigenvalue weighted by Crippen LogP contribution is -2.00. The number of aromatic nitrogens is 3. The number of nitriles is 2. The van der Waals surface area contributed by atoms with Crippen LogP contribution in [0.15, 0.2) is 224 Å². The lowest BCUT2D eigenvalue weighted by atomic mass is 9.91. The second-order valence-electron chi connectivity index (χ2n) is 16.2. The Bertz CT molecular complexity index is 3710. The molecule has 0 aliphatic rings. The van der Waals surface area contributed by atoms with Crippen LogP contribution in [0.2, 0.25) is 0 Å². The average Bonchev–Trinajstić information content (AvgIpc) is 3.40. The molecular weight excluding hydrogens is 803 g/mol. The molecular formula is C61H37N5. The fourth-order valence-corrected chi connectivity index (χ4v) is 8.84. The van der Waals surface area contributed by atoms with Crippen LogP contribution in [0.4, 0.5) is 0 Å². The Kier molecular flexibility index (Phi) is 10.3. The maximum atomic E-state index is 10.5. The van der Waals surface area contributed by atoms with Crippen molar-refractivity contribution in [3.05, 3.63) is 236 Å². The Morgan fingerprint density at radius 2 is 0.758 bits per heavy atom. The summed E-state index contributed by atoms with van der Waals surface area (Å²) in [5.74, 6) is 1.66. The molecule has 0 saturated carbocycles. The molecule has 0 atom stereocenters. The van der Waals surface area contributed by atoms with Gasteiger partial charge in [-0.15, -0.1) is 0 Å². The van der Waals surface area contributed by atoms with Crippen LogP contribution in [0.5, 0.6) is 0 Å². The van der Waals surface area contributed by atoms with Crippen molar-refractivity contribution in [1.82, 2.24) is 15.0 Å². The van der Waals surface area contributed by atoms with Gasteiger partial charge in [-0.3, -0.25) is 0 Å². The summed E-state index contributed by atoms with van der Waals surface area (Å²) in [6.45, 7) is 0. The zero-order valence-corrected chi connectivity index (χ0v) is 35.6. The van der Waals surface area contributed by atoms with E-state index >= 15 is 0 Å². The quantitative estimate of drug-likeness (QED) is 0.142. The van der Waals surface area contributed by atoms with E-state index in [2.05, 4.69) is 133 Å². The van der Waals surface area contributed by atoms with Gasteiger partial charge < -0.3 is 0 Å². The predicted molar refractivity (Wildman–Crippen MR) is 268 cm³/mol. The number of hydrogen-bond acceptors (Lipinski definition) is 5. The van der Waals surface area contributed by atoms with Crippen molar-refractivity contribution >= 4 is 21.5 Å². The van der Waals surface area contributed by atoms with Crippen LogP contribution in [-0.2, 0) is 0 Å². The maximum Gasteiger partial charge on any atom is 0.164 e. The molecule has 10 aromatic carbocycles. The summed E-state index contributed by atoms with van der Waals surface area (Å²) in [6, 6.07) is 81.2. The van der Waals surface area contributed by atoms with Gasteiger partial charge in [0.25, 0.3) is 0 Å². The zero-order valence-electron chi connectivity index (χ0n) is 35.6. The molecule has 0 aliphatic heterocycles. The van der Waals surface area contributed by atoms with E-state index in [4.69, 9.17) is 15.0 Å². The van der Waals surface area contributed by atoms with Crippen molar-refractivity contribution < 1.29 is 0 Å². The molecule has 11 rings (SSSR count). The van der Waals surface area contributed by atoms with Crippen molar-refractivity contribution in [3.8, 4) is 102 Å². The van der Waals surface area contributed by atoms with Gasteiger partial charge in [0, 0.05) is 16.7 Å². The minimum atomic E-state index is 0.540. The first-order chi connectivity index (χ1) is 32.6. The van der Waals surface area contributed by atoms with E-state index in [0.29, 0.717) is 28.6 Å². The van der Waals surface area contributed by atoms with Crippen molar-refractivity contribution in [2.24, 2.45) is 0 Å². The first-order valence-corrected chi connectivity index (χ1v) is 21.8. The minimum Gasteiger partial charge on any atom is -0.208 e. The van der Waals surface area contributed by atoms with Gasteiger partial charge >= 0.3 is 0 Å². The zero-order chi connectivity index (χ0) is 44.4. The van der Waals surface area contributed by atoms with Crippen LogP contribution >= 0.6 is 0 Å². The molecule has 0 unspecified atom stereocenters. The summed E-state index contributed by atoms with van der Waals surface area (Å²) in [7, 11) is 0. The minimum absolute atomic E-state index is 0.540. The Balaban J connectivity index is 0.898. The highest BCUT2D eigenvalue weighted by Crippen LogP contribution is 2.38. The lowest BCUT2D eigenvalue weighted by molar-refractivity contribution is 1.07. The van der Waals surface area contributed by atoms with E-state index in [-0.39, 0.29) is 0 Å². The van der Waals surface area contributed by atoms with Crippen LogP contribution in [0, 0.1) is 22.7 Å². The van der Waals surface area contributed by atoms with Crippen molar-refractivity contribution in [2.75, 3.05) is 0 Å². The maximum absolute atomic E-state index is 10.5. The third kappa shape index (κ3) is 7.64. The van der Waals surface area contributed by atoms with Crippen molar-refractivity contribution in [2.45, 2.75) is 0 Å². The lowest BCUT2D eigenvalue weighted by Gasteiger charge is -2.13. The molecule has 0 amide bonds. The predicted octanol–water partition coefficient (Wildman–Crippen LogP) is 15.3. The molecule has 1 aromatic heterocycles. The second-order valence-corrected chi connectivity index (χ2v) is 16.2. The molecule has 0 fully saturated rings. The van der Waals surface area contributed by atoms with Crippen LogP contribution in [0.1, 0.15) is 11.1 Å². The van der Waals surface area contributed by atoms with Crippen molar-refractivity contribution in [1.29, 1.82) is 10.5 Å². The van der Waals surface area contributed by atoms with Gasteiger partial charge in [-0.1, -0.05) is 188 Å². The summed E-state index contributed by atoms with van der Waals surface area (Å²) in [5, 5.41) is 24.8. The van der Waals surface area contributed by atoms with Gasteiger partial charge in [-0.05, 0) is 114 Å². The molecule has 0 spiro atoms. The van der Waals surface area contributed by atoms with Gasteiger partial charge in [0.05, 0.1) is 23.3 Å². The van der Waals surface area contributed by atoms with E-state index in [1.165, 1.54) is 32.7 Å². The molecule has 0 bridgehead atoms. The largest absolute Gasteiger partial charge is 0.208 e. The van der Waals surface area contributed by atoms with Crippen LogP contribution < -0.4 is 0 Å². The Labute approximate surface area is 382 Å². The number of rotatable bonds is 8. The highest BCUT2D eigenvalue weighted by atomic mass is 15.0. The number of hydrogen-bond donors (Lipinski definition) is 0. The van der Waals surface area contributed by atoms with Gasteiger partial charge in [-0.2, -0.15) is 10.5 Å². The molecule has 306 valence electrons. The summed E-state index contributed by atoms with van der Waals surface area (Å²) >= 11 is 0. The fraction of sp³-hybridized carbons (Fsp3) is 0. The third-order valence-electron chi connectivity index (χ3n) is 12.2. The average molecular weight is 840 g/mol. The van der Waals surface area contributed by atoms with Crippen LogP contribution in [-0.4, -0.2) is 15.0 Å². The van der Waals surface area contributed by atoms with Crippen LogP contribution in [0.25, 0.3) is 111 Å². The molecule has 11 aromatic rings. The van der Waals surface area contributed by atoms with E-state index in [0.717, 1.165) is 61.2 Å². The molecule has 0 saturated heterocycles. The SMILES string of the molecule is N#Cc1ccc(-c2cccc(-c3nc(-c4ccccc4)nc(-c4cccc(-c5ccc(-c6ccc(-c7cccc(-c8cccc9ccc%10ccccc%10c89)c7)cc6)c(C#N)c5)c4)n3)c2)cc1. The third-order valence-corrected chi connectivity index (χ3v) is 12.2. The smallest absolute Gasteiger partial charge is 0.164 e. The normalized spacial score (nSPS) is 11.0. The summed E-state index contributed by atoms with van der Waals surface area (Å²) < 4.78 is 0. The summed E-state index contributed by atoms with van der Waals surface area (Å²) in [5.41, 5.74) is 14.1. The molecule has 66 heavy (non-hydrogen) atoms. The van der Waals surface area contributed by atoms with E-state index in [9.17, 15) is 10.5 Å². The monoisotopic (exact) mass is 839 g/mol. The Morgan fingerprint density at radius 1 is 0.288 bits per heavy atom. The van der Waals surface area contributed by atoms with Gasteiger partial charge in [0.1, 0.15) is 0 Å². The molecule has 5 heteroatoms. The first-order valence-electron chi connectivity index (χ1n) is 21.8. The summed E-state index contributed by atoms with van der Waals surface area (Å²) in [4.78, 5) is 15.0. The van der Waals surface area contributed by atoms with Gasteiger partial charge in [-0.25, -0.2) is 15.0 Å². The number of benzene rings is 10.